The maximum atomic E-state index is 11.3. The van der Waals surface area contributed by atoms with Crippen molar-refractivity contribution in [3.8, 4) is 11.5 Å². The van der Waals surface area contributed by atoms with E-state index in [0.717, 1.165) is 29.9 Å². The number of rotatable bonds is 7. The number of hydrogen-bond donors (Lipinski definition) is 0. The Morgan fingerprint density at radius 1 is 1.35 bits per heavy atom. The van der Waals surface area contributed by atoms with Crippen molar-refractivity contribution in [2.45, 2.75) is 25.4 Å². The van der Waals surface area contributed by atoms with Crippen LogP contribution in [0.5, 0.6) is 11.5 Å². The first kappa shape index (κ1) is 14.2. The van der Waals surface area contributed by atoms with E-state index in [4.69, 9.17) is 14.2 Å². The Hall–Kier alpha value is -2.23. The van der Waals surface area contributed by atoms with Crippen LogP contribution in [0.4, 0.5) is 0 Å². The largest absolute Gasteiger partial charge is 0.459 e. The van der Waals surface area contributed by atoms with Crippen LogP contribution in [0.2, 0.25) is 0 Å². The topological polar surface area (TPSA) is 44.8 Å². The predicted octanol–water partition coefficient (Wildman–Crippen LogP) is 3.02. The Labute approximate surface area is 118 Å². The standard InChI is InChI=1S/C16H18O4/c1-3-5-13(20-16(17)4-2)8-6-12-7-9-14-15(10-12)19-11-18-14/h3-4,7,9-10,13H,1-2,5-6,8,11H2. The van der Waals surface area contributed by atoms with Crippen LogP contribution in [0.15, 0.2) is 43.5 Å². The molecule has 0 saturated carbocycles. The summed E-state index contributed by atoms with van der Waals surface area (Å²) in [4.78, 5) is 11.3. The summed E-state index contributed by atoms with van der Waals surface area (Å²) >= 11 is 0. The molecule has 0 fully saturated rings. The van der Waals surface area contributed by atoms with Gasteiger partial charge in [0.2, 0.25) is 6.79 Å². The predicted molar refractivity (Wildman–Crippen MR) is 75.8 cm³/mol. The number of benzene rings is 1. The van der Waals surface area contributed by atoms with Crippen molar-refractivity contribution in [2.24, 2.45) is 0 Å². The van der Waals surface area contributed by atoms with E-state index < -0.39 is 5.97 Å². The maximum absolute atomic E-state index is 11.3. The summed E-state index contributed by atoms with van der Waals surface area (Å²) in [6.45, 7) is 7.36. The van der Waals surface area contributed by atoms with E-state index >= 15 is 0 Å². The molecule has 1 atom stereocenters. The summed E-state index contributed by atoms with van der Waals surface area (Å²) in [6, 6.07) is 5.85. The Morgan fingerprint density at radius 2 is 2.15 bits per heavy atom. The Bertz CT molecular complexity index is 507. The SMILES string of the molecule is C=CCC(CCc1ccc2c(c1)OCO2)OC(=O)C=C. The molecule has 1 aromatic rings. The zero-order valence-corrected chi connectivity index (χ0v) is 11.3. The van der Waals surface area contributed by atoms with Crippen molar-refractivity contribution in [2.75, 3.05) is 6.79 Å². The highest BCUT2D eigenvalue weighted by Gasteiger charge is 2.15. The van der Waals surface area contributed by atoms with Gasteiger partial charge in [-0.2, -0.15) is 0 Å². The molecule has 0 N–H and O–H groups in total. The van der Waals surface area contributed by atoms with Gasteiger partial charge in [-0.05, 0) is 30.5 Å². The molecule has 106 valence electrons. The number of ether oxygens (including phenoxy) is 3. The lowest BCUT2D eigenvalue weighted by molar-refractivity contribution is -0.143. The number of carbonyl (C=O) groups is 1. The van der Waals surface area contributed by atoms with Gasteiger partial charge in [-0.3, -0.25) is 0 Å². The number of fused-ring (bicyclic) bond motifs is 1. The van der Waals surface area contributed by atoms with Crippen molar-refractivity contribution >= 4 is 5.97 Å². The molecular formula is C16H18O4. The van der Waals surface area contributed by atoms with Crippen molar-refractivity contribution in [3.05, 3.63) is 49.1 Å². The van der Waals surface area contributed by atoms with Gasteiger partial charge in [-0.25, -0.2) is 4.79 Å². The van der Waals surface area contributed by atoms with Crippen molar-refractivity contribution < 1.29 is 19.0 Å². The second-order valence-corrected chi connectivity index (χ2v) is 4.51. The minimum Gasteiger partial charge on any atom is -0.459 e. The second-order valence-electron chi connectivity index (χ2n) is 4.51. The van der Waals surface area contributed by atoms with Crippen LogP contribution in [0.3, 0.4) is 0 Å². The first-order valence-corrected chi connectivity index (χ1v) is 6.55. The number of aryl methyl sites for hydroxylation is 1. The molecule has 0 spiro atoms. The summed E-state index contributed by atoms with van der Waals surface area (Å²) in [7, 11) is 0. The molecule has 4 heteroatoms. The Balaban J connectivity index is 1.92. The fourth-order valence-corrected chi connectivity index (χ4v) is 2.05. The van der Waals surface area contributed by atoms with Gasteiger partial charge in [0.05, 0.1) is 0 Å². The van der Waals surface area contributed by atoms with Gasteiger partial charge in [0, 0.05) is 12.5 Å². The summed E-state index contributed by atoms with van der Waals surface area (Å²) in [6.07, 6.45) is 4.90. The lowest BCUT2D eigenvalue weighted by Gasteiger charge is -2.15. The Morgan fingerprint density at radius 3 is 2.90 bits per heavy atom. The average Bonchev–Trinajstić information content (AvgIpc) is 2.92. The molecule has 0 saturated heterocycles. The van der Waals surface area contributed by atoms with Gasteiger partial charge in [-0.1, -0.05) is 18.7 Å². The molecule has 0 radical (unpaired) electrons. The van der Waals surface area contributed by atoms with E-state index in [-0.39, 0.29) is 12.9 Å². The van der Waals surface area contributed by atoms with Crippen LogP contribution in [0.1, 0.15) is 18.4 Å². The van der Waals surface area contributed by atoms with E-state index in [1.807, 2.05) is 18.2 Å². The molecule has 0 aromatic heterocycles. The zero-order valence-electron chi connectivity index (χ0n) is 11.3. The van der Waals surface area contributed by atoms with Crippen LogP contribution >= 0.6 is 0 Å². The minimum absolute atomic E-state index is 0.177. The third-order valence-electron chi connectivity index (χ3n) is 3.07. The zero-order chi connectivity index (χ0) is 14.4. The highest BCUT2D eigenvalue weighted by atomic mass is 16.7. The summed E-state index contributed by atoms with van der Waals surface area (Å²) in [5, 5.41) is 0. The quantitative estimate of drug-likeness (QED) is 0.435. The van der Waals surface area contributed by atoms with Crippen LogP contribution < -0.4 is 9.47 Å². The van der Waals surface area contributed by atoms with E-state index in [1.165, 1.54) is 6.08 Å². The first-order valence-electron chi connectivity index (χ1n) is 6.55. The Kier molecular flexibility index (Phi) is 4.82. The number of hydrogen-bond acceptors (Lipinski definition) is 4. The smallest absolute Gasteiger partial charge is 0.330 e. The van der Waals surface area contributed by atoms with Gasteiger partial charge < -0.3 is 14.2 Å². The maximum Gasteiger partial charge on any atom is 0.330 e. The lowest BCUT2D eigenvalue weighted by atomic mass is 10.0. The van der Waals surface area contributed by atoms with Gasteiger partial charge >= 0.3 is 5.97 Å². The highest BCUT2D eigenvalue weighted by Crippen LogP contribution is 2.32. The fourth-order valence-electron chi connectivity index (χ4n) is 2.05. The molecule has 20 heavy (non-hydrogen) atoms. The normalized spacial score (nSPS) is 13.6. The van der Waals surface area contributed by atoms with Crippen molar-refractivity contribution in [3.63, 3.8) is 0 Å². The average molecular weight is 274 g/mol. The summed E-state index contributed by atoms with van der Waals surface area (Å²) < 4.78 is 15.9. The van der Waals surface area contributed by atoms with E-state index in [9.17, 15) is 4.79 Å². The molecule has 2 rings (SSSR count). The molecular weight excluding hydrogens is 256 g/mol. The van der Waals surface area contributed by atoms with Gasteiger partial charge in [0.15, 0.2) is 11.5 Å². The molecule has 4 nitrogen and oxygen atoms in total. The van der Waals surface area contributed by atoms with E-state index in [1.54, 1.807) is 6.08 Å². The minimum atomic E-state index is -0.400. The first-order chi connectivity index (χ1) is 9.72. The summed E-state index contributed by atoms with van der Waals surface area (Å²) in [5.41, 5.74) is 1.12. The fraction of sp³-hybridized carbons (Fsp3) is 0.312. The van der Waals surface area contributed by atoms with Gasteiger partial charge in [0.25, 0.3) is 0 Å². The van der Waals surface area contributed by atoms with Crippen molar-refractivity contribution in [1.29, 1.82) is 0 Å². The molecule has 1 aliphatic heterocycles. The van der Waals surface area contributed by atoms with Gasteiger partial charge in [-0.15, -0.1) is 6.58 Å². The van der Waals surface area contributed by atoms with E-state index in [2.05, 4.69) is 13.2 Å². The molecule has 0 amide bonds. The van der Waals surface area contributed by atoms with E-state index in [0.29, 0.717) is 6.42 Å². The lowest BCUT2D eigenvalue weighted by Crippen LogP contribution is -2.17. The van der Waals surface area contributed by atoms with Crippen molar-refractivity contribution in [1.82, 2.24) is 0 Å². The molecule has 1 heterocycles. The molecule has 1 aromatic carbocycles. The molecule has 1 unspecified atom stereocenters. The summed E-state index contributed by atoms with van der Waals surface area (Å²) in [5.74, 6) is 1.14. The third-order valence-corrected chi connectivity index (χ3v) is 3.07. The number of esters is 1. The van der Waals surface area contributed by atoms with Crippen LogP contribution in [-0.4, -0.2) is 18.9 Å². The number of carbonyl (C=O) groups excluding carboxylic acids is 1. The highest BCUT2D eigenvalue weighted by molar-refractivity contribution is 5.81. The van der Waals surface area contributed by atoms with Crippen LogP contribution in [0, 0.1) is 0 Å². The third kappa shape index (κ3) is 3.63. The molecule has 0 aliphatic carbocycles. The monoisotopic (exact) mass is 274 g/mol. The second kappa shape index (κ2) is 6.80. The van der Waals surface area contributed by atoms with Gasteiger partial charge in [0.1, 0.15) is 6.10 Å². The van der Waals surface area contributed by atoms with Crippen LogP contribution in [-0.2, 0) is 16.0 Å². The molecule has 1 aliphatic rings. The van der Waals surface area contributed by atoms with Crippen LogP contribution in [0.25, 0.3) is 0 Å². The molecule has 0 bridgehead atoms.